The van der Waals surface area contributed by atoms with Crippen molar-refractivity contribution in [1.82, 2.24) is 0 Å². The fourth-order valence-corrected chi connectivity index (χ4v) is 3.60. The van der Waals surface area contributed by atoms with Gasteiger partial charge in [-0.3, -0.25) is 0 Å². The van der Waals surface area contributed by atoms with Crippen molar-refractivity contribution in [1.29, 1.82) is 0 Å². The second-order valence-corrected chi connectivity index (χ2v) is 7.56. The molecule has 0 heterocycles. The largest absolute Gasteiger partial charge is 0.244 e. The highest BCUT2D eigenvalue weighted by Gasteiger charge is 2.47. The van der Waals surface area contributed by atoms with E-state index in [-0.39, 0.29) is 5.92 Å². The van der Waals surface area contributed by atoms with Gasteiger partial charge in [0, 0.05) is 0 Å². The predicted molar refractivity (Wildman–Crippen MR) is 82.7 cm³/mol. The minimum atomic E-state index is -0.852. The van der Waals surface area contributed by atoms with Crippen molar-refractivity contribution in [2.75, 3.05) is 0 Å². The molecule has 0 radical (unpaired) electrons. The number of benzene rings is 1. The van der Waals surface area contributed by atoms with E-state index in [9.17, 15) is 4.39 Å². The maximum absolute atomic E-state index is 14.1. The molecule has 1 heteroatoms. The molecular weight excluding hydrogens is 247 g/mol. The Labute approximate surface area is 122 Å². The Hall–Kier alpha value is -0.850. The van der Waals surface area contributed by atoms with Gasteiger partial charge in [-0.15, -0.1) is 0 Å². The first kappa shape index (κ1) is 14.1. The van der Waals surface area contributed by atoms with Crippen molar-refractivity contribution in [3.05, 3.63) is 35.4 Å². The predicted octanol–water partition coefficient (Wildman–Crippen LogP) is 5.52. The molecular formula is C19H27F. The molecule has 0 N–H and O–H groups in total. The average Bonchev–Trinajstić information content (AvgIpc) is 3.07. The summed E-state index contributed by atoms with van der Waals surface area (Å²) in [6, 6.07) is 8.93. The Morgan fingerprint density at radius 1 is 1.20 bits per heavy atom. The zero-order valence-electron chi connectivity index (χ0n) is 13.0. The van der Waals surface area contributed by atoms with Crippen LogP contribution in [-0.4, -0.2) is 5.67 Å². The van der Waals surface area contributed by atoms with E-state index in [4.69, 9.17) is 0 Å². The van der Waals surface area contributed by atoms with Crippen LogP contribution in [0.5, 0.6) is 0 Å². The Bertz CT molecular complexity index is 466. The highest BCUT2D eigenvalue weighted by molar-refractivity contribution is 5.29. The van der Waals surface area contributed by atoms with E-state index in [0.717, 1.165) is 37.0 Å². The third-order valence-electron chi connectivity index (χ3n) is 5.69. The summed E-state index contributed by atoms with van der Waals surface area (Å²) in [5.41, 5.74) is 1.96. The van der Waals surface area contributed by atoms with Crippen LogP contribution in [0.25, 0.3) is 0 Å². The monoisotopic (exact) mass is 274 g/mol. The van der Waals surface area contributed by atoms with Crippen LogP contribution < -0.4 is 0 Å². The standard InChI is InChI=1S/C19H27F/c1-13(2)17-11-18(12-17)16-6-4-5-15(10-16)9-14(3)19(20)7-8-19/h4-6,10,13-14,17-18H,7-9,11-12H2,1-3H3. The quantitative estimate of drug-likeness (QED) is 0.663. The maximum Gasteiger partial charge on any atom is 0.114 e. The summed E-state index contributed by atoms with van der Waals surface area (Å²) in [5, 5.41) is 0. The van der Waals surface area contributed by atoms with Gasteiger partial charge in [0.25, 0.3) is 0 Å². The molecule has 1 aromatic rings. The first-order chi connectivity index (χ1) is 9.48. The van der Waals surface area contributed by atoms with Crippen LogP contribution in [0.2, 0.25) is 0 Å². The summed E-state index contributed by atoms with van der Waals surface area (Å²) in [6.07, 6.45) is 5.11. The molecule has 1 aromatic carbocycles. The summed E-state index contributed by atoms with van der Waals surface area (Å²) < 4.78 is 14.1. The van der Waals surface area contributed by atoms with Gasteiger partial charge in [-0.1, -0.05) is 45.0 Å². The molecule has 2 saturated carbocycles. The minimum Gasteiger partial charge on any atom is -0.244 e. The third-order valence-corrected chi connectivity index (χ3v) is 5.69. The molecule has 0 spiro atoms. The number of hydrogen-bond donors (Lipinski definition) is 0. The van der Waals surface area contributed by atoms with Crippen LogP contribution in [0, 0.1) is 17.8 Å². The molecule has 0 saturated heterocycles. The molecule has 0 nitrogen and oxygen atoms in total. The normalized spacial score (nSPS) is 29.1. The van der Waals surface area contributed by atoms with Crippen molar-refractivity contribution < 1.29 is 4.39 Å². The Kier molecular flexibility index (Phi) is 3.64. The SMILES string of the molecule is CC(C)C1CC(c2cccc(CC(C)C3(F)CC3)c2)C1. The number of rotatable bonds is 5. The van der Waals surface area contributed by atoms with Crippen molar-refractivity contribution in [3.63, 3.8) is 0 Å². The van der Waals surface area contributed by atoms with E-state index in [0.29, 0.717) is 0 Å². The second kappa shape index (κ2) is 5.16. The Balaban J connectivity index is 1.62. The molecule has 0 amide bonds. The van der Waals surface area contributed by atoms with Crippen LogP contribution >= 0.6 is 0 Å². The van der Waals surface area contributed by atoms with Crippen molar-refractivity contribution in [3.8, 4) is 0 Å². The van der Waals surface area contributed by atoms with E-state index in [1.165, 1.54) is 24.0 Å². The van der Waals surface area contributed by atoms with Crippen LogP contribution in [0.3, 0.4) is 0 Å². The minimum absolute atomic E-state index is 0.169. The Morgan fingerprint density at radius 2 is 1.90 bits per heavy atom. The summed E-state index contributed by atoms with van der Waals surface area (Å²) >= 11 is 0. The number of alkyl halides is 1. The van der Waals surface area contributed by atoms with Crippen molar-refractivity contribution >= 4 is 0 Å². The van der Waals surface area contributed by atoms with E-state index in [1.807, 2.05) is 0 Å². The summed E-state index contributed by atoms with van der Waals surface area (Å²) in [4.78, 5) is 0. The lowest BCUT2D eigenvalue weighted by Gasteiger charge is -2.38. The number of halogens is 1. The van der Waals surface area contributed by atoms with Gasteiger partial charge in [-0.2, -0.15) is 0 Å². The van der Waals surface area contributed by atoms with E-state index in [1.54, 1.807) is 0 Å². The van der Waals surface area contributed by atoms with Crippen LogP contribution in [0.15, 0.2) is 24.3 Å². The van der Waals surface area contributed by atoms with Gasteiger partial charge >= 0.3 is 0 Å². The van der Waals surface area contributed by atoms with Crippen LogP contribution in [0.1, 0.15) is 63.5 Å². The maximum atomic E-state index is 14.1. The fraction of sp³-hybridized carbons (Fsp3) is 0.684. The molecule has 0 aliphatic heterocycles. The number of hydrogen-bond acceptors (Lipinski definition) is 0. The van der Waals surface area contributed by atoms with Gasteiger partial charge in [-0.05, 0) is 66.9 Å². The Morgan fingerprint density at radius 3 is 2.50 bits per heavy atom. The van der Waals surface area contributed by atoms with E-state index < -0.39 is 5.67 Å². The van der Waals surface area contributed by atoms with Crippen LogP contribution in [0.4, 0.5) is 4.39 Å². The molecule has 1 atom stereocenters. The molecule has 2 aliphatic rings. The van der Waals surface area contributed by atoms with Gasteiger partial charge in [0.05, 0.1) is 0 Å². The first-order valence-electron chi connectivity index (χ1n) is 8.25. The summed E-state index contributed by atoms with van der Waals surface area (Å²) in [7, 11) is 0. The van der Waals surface area contributed by atoms with Crippen LogP contribution in [-0.2, 0) is 6.42 Å². The molecule has 1 unspecified atom stereocenters. The molecule has 2 aliphatic carbocycles. The van der Waals surface area contributed by atoms with Crippen molar-refractivity contribution in [2.45, 2.75) is 64.5 Å². The van der Waals surface area contributed by atoms with Gasteiger partial charge < -0.3 is 0 Å². The molecule has 3 rings (SSSR count). The van der Waals surface area contributed by atoms with Crippen molar-refractivity contribution in [2.24, 2.45) is 17.8 Å². The van der Waals surface area contributed by atoms with Gasteiger partial charge in [0.15, 0.2) is 0 Å². The first-order valence-corrected chi connectivity index (χ1v) is 8.25. The summed E-state index contributed by atoms with van der Waals surface area (Å²) in [6.45, 7) is 6.72. The smallest absolute Gasteiger partial charge is 0.114 e. The van der Waals surface area contributed by atoms with E-state index >= 15 is 0 Å². The highest BCUT2D eigenvalue weighted by atomic mass is 19.1. The zero-order chi connectivity index (χ0) is 14.3. The second-order valence-electron chi connectivity index (χ2n) is 7.56. The highest BCUT2D eigenvalue weighted by Crippen LogP contribution is 2.48. The molecule has 0 aromatic heterocycles. The lowest BCUT2D eigenvalue weighted by molar-refractivity contribution is 0.196. The van der Waals surface area contributed by atoms with Gasteiger partial charge in [0.2, 0.25) is 0 Å². The zero-order valence-corrected chi connectivity index (χ0v) is 13.0. The molecule has 20 heavy (non-hydrogen) atoms. The fourth-order valence-electron chi connectivity index (χ4n) is 3.60. The topological polar surface area (TPSA) is 0 Å². The lowest BCUT2D eigenvalue weighted by Crippen LogP contribution is -2.26. The molecule has 2 fully saturated rings. The third kappa shape index (κ3) is 2.77. The molecule has 110 valence electrons. The lowest BCUT2D eigenvalue weighted by atomic mass is 9.67. The van der Waals surface area contributed by atoms with Gasteiger partial charge in [0.1, 0.15) is 5.67 Å². The molecule has 0 bridgehead atoms. The van der Waals surface area contributed by atoms with E-state index in [2.05, 4.69) is 45.0 Å². The summed E-state index contributed by atoms with van der Waals surface area (Å²) in [5.74, 6) is 2.64. The average molecular weight is 274 g/mol. The van der Waals surface area contributed by atoms with Gasteiger partial charge in [-0.25, -0.2) is 4.39 Å².